The Balaban J connectivity index is 1.20. The van der Waals surface area contributed by atoms with Crippen molar-refractivity contribution in [2.75, 3.05) is 26.3 Å². The fourth-order valence-electron chi connectivity index (χ4n) is 6.55. The molecule has 0 aliphatic carbocycles. The number of nitrogens with one attached hydrogen (secondary N) is 2. The molecule has 2 aliphatic heterocycles. The number of amides is 1. The van der Waals surface area contributed by atoms with Gasteiger partial charge in [-0.25, -0.2) is 4.39 Å². The quantitative estimate of drug-likeness (QED) is 0.235. The van der Waals surface area contributed by atoms with E-state index < -0.39 is 6.04 Å². The molecule has 0 bridgehead atoms. The van der Waals surface area contributed by atoms with Crippen molar-refractivity contribution in [3.8, 4) is 11.3 Å². The van der Waals surface area contributed by atoms with Gasteiger partial charge in [0.25, 0.3) is 5.91 Å². The molecule has 6 nitrogen and oxygen atoms in total. The maximum Gasteiger partial charge on any atom is 0.251 e. The van der Waals surface area contributed by atoms with Gasteiger partial charge in [-0.2, -0.15) is 5.10 Å². The van der Waals surface area contributed by atoms with Crippen molar-refractivity contribution < 1.29 is 13.9 Å². The Bertz CT molecular complexity index is 1550. The van der Waals surface area contributed by atoms with Crippen molar-refractivity contribution in [1.82, 2.24) is 20.4 Å². The van der Waals surface area contributed by atoms with E-state index in [4.69, 9.17) is 4.74 Å². The predicted molar refractivity (Wildman–Crippen MR) is 170 cm³/mol. The van der Waals surface area contributed by atoms with Crippen LogP contribution >= 0.6 is 0 Å². The van der Waals surface area contributed by atoms with Crippen LogP contribution in [0.25, 0.3) is 22.2 Å². The lowest BCUT2D eigenvalue weighted by Crippen LogP contribution is -2.50. The molecule has 2 atom stereocenters. The summed E-state index contributed by atoms with van der Waals surface area (Å²) in [5.41, 5.74) is 5.02. The molecule has 226 valence electrons. The maximum atomic E-state index is 14.8. The molecule has 2 fully saturated rings. The Morgan fingerprint density at radius 2 is 1.84 bits per heavy atom. The van der Waals surface area contributed by atoms with Gasteiger partial charge in [0.2, 0.25) is 0 Å². The van der Waals surface area contributed by atoms with Crippen LogP contribution in [0, 0.1) is 11.2 Å². The molecule has 2 saturated heterocycles. The minimum Gasteiger partial charge on any atom is -0.378 e. The third kappa shape index (κ3) is 6.84. The molecule has 43 heavy (non-hydrogen) atoms. The SMILES string of the molecule is CC(C)(C)CC(NC(=O)c1ccc2[nH]nc(-c3ccc(C4CCCCN(C5COC5)CC4)cc3)c2c1)c1ccccc1F. The zero-order valence-corrected chi connectivity index (χ0v) is 25.5. The molecule has 1 amide bonds. The number of nitrogens with zero attached hydrogens (tertiary/aromatic N) is 2. The summed E-state index contributed by atoms with van der Waals surface area (Å²) in [7, 11) is 0. The number of fused-ring (bicyclic) bond motifs is 1. The van der Waals surface area contributed by atoms with E-state index >= 15 is 0 Å². The highest BCUT2D eigenvalue weighted by atomic mass is 19.1. The van der Waals surface area contributed by atoms with Gasteiger partial charge in [0.05, 0.1) is 36.5 Å². The largest absolute Gasteiger partial charge is 0.378 e. The average molecular weight is 583 g/mol. The summed E-state index contributed by atoms with van der Waals surface area (Å²) in [6.45, 7) is 10.4. The summed E-state index contributed by atoms with van der Waals surface area (Å²) in [6.07, 6.45) is 5.50. The third-order valence-electron chi connectivity index (χ3n) is 9.03. The van der Waals surface area contributed by atoms with Gasteiger partial charge < -0.3 is 10.1 Å². The third-order valence-corrected chi connectivity index (χ3v) is 9.03. The Kier molecular flexibility index (Phi) is 8.64. The molecule has 2 aliphatic rings. The lowest BCUT2D eigenvalue weighted by Gasteiger charge is -2.39. The van der Waals surface area contributed by atoms with Crippen LogP contribution in [0.3, 0.4) is 0 Å². The zero-order valence-electron chi connectivity index (χ0n) is 25.5. The second-order valence-electron chi connectivity index (χ2n) is 13.5. The van der Waals surface area contributed by atoms with Crippen molar-refractivity contribution in [3.63, 3.8) is 0 Å². The molecule has 0 spiro atoms. The number of likely N-dealkylation sites (tertiary alicyclic amines) is 1. The first-order valence-electron chi connectivity index (χ1n) is 15.7. The second-order valence-corrected chi connectivity index (χ2v) is 13.5. The minimum atomic E-state index is -0.442. The zero-order chi connectivity index (χ0) is 30.0. The second kappa shape index (κ2) is 12.6. The number of carbonyl (C=O) groups is 1. The minimum absolute atomic E-state index is 0.102. The van der Waals surface area contributed by atoms with Crippen molar-refractivity contribution in [1.29, 1.82) is 0 Å². The number of rotatable bonds is 7. The van der Waals surface area contributed by atoms with Crippen LogP contribution < -0.4 is 5.32 Å². The number of hydrogen-bond acceptors (Lipinski definition) is 4. The fourth-order valence-corrected chi connectivity index (χ4v) is 6.55. The molecule has 3 heterocycles. The average Bonchev–Trinajstić information content (AvgIpc) is 3.36. The Morgan fingerprint density at radius 3 is 2.56 bits per heavy atom. The number of halogens is 1. The van der Waals surface area contributed by atoms with Crippen LogP contribution in [0.15, 0.2) is 66.7 Å². The molecule has 2 N–H and O–H groups in total. The van der Waals surface area contributed by atoms with Gasteiger partial charge in [-0.1, -0.05) is 69.7 Å². The first kappa shape index (κ1) is 29.5. The molecule has 1 aromatic heterocycles. The summed E-state index contributed by atoms with van der Waals surface area (Å²) in [5, 5.41) is 11.8. The predicted octanol–water partition coefficient (Wildman–Crippen LogP) is 7.63. The van der Waals surface area contributed by atoms with Gasteiger partial charge in [-0.3, -0.25) is 14.8 Å². The summed E-state index contributed by atoms with van der Waals surface area (Å²) < 4.78 is 20.2. The number of carbonyl (C=O) groups excluding carboxylic acids is 1. The highest BCUT2D eigenvalue weighted by Crippen LogP contribution is 2.34. The van der Waals surface area contributed by atoms with Crippen molar-refractivity contribution in [2.24, 2.45) is 5.41 Å². The first-order valence-corrected chi connectivity index (χ1v) is 15.7. The lowest BCUT2D eigenvalue weighted by atomic mass is 9.85. The summed E-state index contributed by atoms with van der Waals surface area (Å²) in [4.78, 5) is 16.1. The summed E-state index contributed by atoms with van der Waals surface area (Å²) >= 11 is 0. The normalized spacial score (nSPS) is 19.4. The van der Waals surface area contributed by atoms with E-state index in [0.717, 1.165) is 41.9 Å². The van der Waals surface area contributed by atoms with E-state index in [0.29, 0.717) is 29.5 Å². The summed E-state index contributed by atoms with van der Waals surface area (Å²) in [5.74, 6) is 0.0195. The number of hydrogen-bond donors (Lipinski definition) is 2. The topological polar surface area (TPSA) is 70.2 Å². The molecular weight excluding hydrogens is 539 g/mol. The van der Waals surface area contributed by atoms with Gasteiger partial charge in [-0.05, 0) is 79.9 Å². The fraction of sp³-hybridized carbons (Fsp3) is 0.444. The maximum absolute atomic E-state index is 14.8. The molecular formula is C36H43FN4O2. The molecule has 7 heteroatoms. The van der Waals surface area contributed by atoms with E-state index in [9.17, 15) is 9.18 Å². The van der Waals surface area contributed by atoms with Gasteiger partial charge in [0, 0.05) is 22.1 Å². The Morgan fingerprint density at radius 1 is 1.05 bits per heavy atom. The number of benzene rings is 3. The van der Waals surface area contributed by atoms with Gasteiger partial charge >= 0.3 is 0 Å². The molecule has 6 rings (SSSR count). The van der Waals surface area contributed by atoms with Crippen LogP contribution in [0.1, 0.15) is 86.3 Å². The van der Waals surface area contributed by atoms with E-state index in [1.165, 1.54) is 43.9 Å². The Labute approximate surface area is 254 Å². The van der Waals surface area contributed by atoms with E-state index in [2.05, 4.69) is 65.5 Å². The summed E-state index contributed by atoms with van der Waals surface area (Å²) in [6, 6.07) is 21.2. The molecule has 4 aromatic rings. The van der Waals surface area contributed by atoms with Gasteiger partial charge in [0.15, 0.2) is 0 Å². The standard InChI is InChI=1S/C36H43FN4O2/c1-36(2,3)21-33(29-9-4-5-10-31(29)37)38-35(42)27-15-16-32-30(20-27)34(40-39-32)26-13-11-25(12-14-26)24-8-6-7-18-41(19-17-24)28-22-43-23-28/h4-5,9-16,20,24,28,33H,6-8,17-19,21-23H2,1-3H3,(H,38,42)(H,39,40). The number of aromatic amines is 1. The monoisotopic (exact) mass is 582 g/mol. The van der Waals surface area contributed by atoms with Crippen LogP contribution in [0.5, 0.6) is 0 Å². The lowest BCUT2D eigenvalue weighted by molar-refractivity contribution is -0.0671. The molecule has 0 saturated carbocycles. The van der Waals surface area contributed by atoms with E-state index in [1.54, 1.807) is 18.2 Å². The number of aromatic nitrogens is 2. The first-order chi connectivity index (χ1) is 20.7. The van der Waals surface area contributed by atoms with Crippen molar-refractivity contribution in [2.45, 2.75) is 70.9 Å². The Hall–Kier alpha value is -3.55. The number of H-pyrrole nitrogens is 1. The van der Waals surface area contributed by atoms with Crippen molar-refractivity contribution >= 4 is 16.8 Å². The van der Waals surface area contributed by atoms with Crippen molar-refractivity contribution in [3.05, 3.63) is 89.2 Å². The van der Waals surface area contributed by atoms with E-state index in [1.807, 2.05) is 18.2 Å². The van der Waals surface area contributed by atoms with Crippen LogP contribution in [-0.2, 0) is 4.74 Å². The van der Waals surface area contributed by atoms with Crippen LogP contribution in [0.4, 0.5) is 4.39 Å². The van der Waals surface area contributed by atoms with E-state index in [-0.39, 0.29) is 17.1 Å². The highest BCUT2D eigenvalue weighted by Gasteiger charge is 2.28. The number of ether oxygens (including phenoxy) is 1. The van der Waals surface area contributed by atoms with Crippen LogP contribution in [-0.4, -0.2) is 53.3 Å². The highest BCUT2D eigenvalue weighted by molar-refractivity contribution is 6.01. The molecule has 2 unspecified atom stereocenters. The van der Waals surface area contributed by atoms with Gasteiger partial charge in [-0.15, -0.1) is 0 Å². The van der Waals surface area contributed by atoms with Crippen LogP contribution in [0.2, 0.25) is 0 Å². The smallest absolute Gasteiger partial charge is 0.251 e. The molecule has 3 aromatic carbocycles. The molecule has 0 radical (unpaired) electrons. The van der Waals surface area contributed by atoms with Gasteiger partial charge in [0.1, 0.15) is 5.82 Å².